The summed E-state index contributed by atoms with van der Waals surface area (Å²) in [6, 6.07) is 1.29. The minimum Gasteiger partial charge on any atom is -0.343 e. The average molecular weight is 252 g/mol. The van der Waals surface area contributed by atoms with Crippen LogP contribution in [0.5, 0.6) is 0 Å². The lowest BCUT2D eigenvalue weighted by atomic mass is 9.91. The monoisotopic (exact) mass is 252 g/mol. The first-order valence-electron chi connectivity index (χ1n) is 7.39. The first-order chi connectivity index (χ1) is 8.37. The van der Waals surface area contributed by atoms with Crippen molar-refractivity contribution in [2.45, 2.75) is 65.5 Å². The summed E-state index contributed by atoms with van der Waals surface area (Å²) in [5.74, 6) is 1.01. The number of carbonyl (C=O) groups excluding carboxylic acids is 1. The number of amides is 1. The molecule has 0 radical (unpaired) electrons. The van der Waals surface area contributed by atoms with Crippen LogP contribution in [0.4, 0.5) is 0 Å². The van der Waals surface area contributed by atoms with Gasteiger partial charge in [-0.1, -0.05) is 20.8 Å². The Morgan fingerprint density at radius 2 is 1.83 bits per heavy atom. The van der Waals surface area contributed by atoms with E-state index in [2.05, 4.69) is 26.1 Å². The molecule has 0 aromatic carbocycles. The van der Waals surface area contributed by atoms with Gasteiger partial charge in [0.05, 0.1) is 0 Å². The van der Waals surface area contributed by atoms with E-state index in [9.17, 15) is 4.79 Å². The minimum absolute atomic E-state index is 0.226. The maximum absolute atomic E-state index is 11.3. The number of nitrogens with one attached hydrogen (secondary N) is 1. The van der Waals surface area contributed by atoms with Gasteiger partial charge < -0.3 is 10.2 Å². The van der Waals surface area contributed by atoms with Crippen molar-refractivity contribution in [2.75, 3.05) is 13.1 Å². The Morgan fingerprint density at radius 3 is 2.28 bits per heavy atom. The highest BCUT2D eigenvalue weighted by Gasteiger charge is 2.37. The molecule has 1 aliphatic heterocycles. The largest absolute Gasteiger partial charge is 0.343 e. The van der Waals surface area contributed by atoms with Crippen LogP contribution in [0.25, 0.3) is 0 Å². The quantitative estimate of drug-likeness (QED) is 0.818. The fourth-order valence-electron chi connectivity index (χ4n) is 3.78. The zero-order valence-corrected chi connectivity index (χ0v) is 12.3. The highest BCUT2D eigenvalue weighted by molar-refractivity contribution is 5.73. The lowest BCUT2D eigenvalue weighted by molar-refractivity contribution is -0.129. The summed E-state index contributed by atoms with van der Waals surface area (Å²) in [6.07, 6.45) is 4.85. The lowest BCUT2D eigenvalue weighted by Gasteiger charge is -2.34. The van der Waals surface area contributed by atoms with Gasteiger partial charge in [0.25, 0.3) is 0 Å². The van der Waals surface area contributed by atoms with E-state index >= 15 is 0 Å². The van der Waals surface area contributed by atoms with Crippen molar-refractivity contribution in [3.05, 3.63) is 0 Å². The maximum atomic E-state index is 11.3. The molecule has 2 fully saturated rings. The molecule has 2 aliphatic rings. The van der Waals surface area contributed by atoms with Crippen molar-refractivity contribution in [3.63, 3.8) is 0 Å². The lowest BCUT2D eigenvalue weighted by Crippen LogP contribution is -2.48. The summed E-state index contributed by atoms with van der Waals surface area (Å²) in [6.45, 7) is 10.7. The molecule has 18 heavy (non-hydrogen) atoms. The third-order valence-corrected chi connectivity index (χ3v) is 4.72. The van der Waals surface area contributed by atoms with Crippen molar-refractivity contribution in [1.82, 2.24) is 10.2 Å². The van der Waals surface area contributed by atoms with Gasteiger partial charge in [-0.3, -0.25) is 4.79 Å². The molecule has 1 aliphatic carbocycles. The standard InChI is InChI=1S/C15H28N2O/c1-11-9-15(3,4)10-14(11)16-13-5-7-17(8-6-13)12(2)18/h11,13-14,16H,5-10H2,1-4H3. The molecule has 2 unspecified atom stereocenters. The molecule has 2 rings (SSSR count). The molecule has 1 saturated carbocycles. The predicted molar refractivity (Wildman–Crippen MR) is 74.4 cm³/mol. The molecule has 1 N–H and O–H groups in total. The molecule has 0 spiro atoms. The fraction of sp³-hybridized carbons (Fsp3) is 0.933. The third kappa shape index (κ3) is 3.25. The molecule has 1 saturated heterocycles. The Bertz CT molecular complexity index is 306. The molecular weight excluding hydrogens is 224 g/mol. The zero-order valence-electron chi connectivity index (χ0n) is 12.3. The number of nitrogens with zero attached hydrogens (tertiary/aromatic N) is 1. The van der Waals surface area contributed by atoms with Gasteiger partial charge in [-0.05, 0) is 37.0 Å². The van der Waals surface area contributed by atoms with Gasteiger partial charge in [0.1, 0.15) is 0 Å². The van der Waals surface area contributed by atoms with Gasteiger partial charge in [0, 0.05) is 32.1 Å². The number of hydrogen-bond acceptors (Lipinski definition) is 2. The second-order valence-electron chi connectivity index (χ2n) is 7.10. The van der Waals surface area contributed by atoms with E-state index in [1.54, 1.807) is 6.92 Å². The molecule has 3 nitrogen and oxygen atoms in total. The van der Waals surface area contributed by atoms with Crippen LogP contribution in [-0.2, 0) is 4.79 Å². The molecule has 104 valence electrons. The van der Waals surface area contributed by atoms with Crippen molar-refractivity contribution >= 4 is 5.91 Å². The molecule has 0 aromatic rings. The van der Waals surface area contributed by atoms with Gasteiger partial charge >= 0.3 is 0 Å². The van der Waals surface area contributed by atoms with Crippen LogP contribution >= 0.6 is 0 Å². The Morgan fingerprint density at radius 1 is 1.22 bits per heavy atom. The molecule has 0 aromatic heterocycles. The third-order valence-electron chi connectivity index (χ3n) is 4.72. The highest BCUT2D eigenvalue weighted by Crippen LogP contribution is 2.41. The zero-order chi connectivity index (χ0) is 13.3. The smallest absolute Gasteiger partial charge is 0.219 e. The number of carbonyl (C=O) groups is 1. The van der Waals surface area contributed by atoms with Crippen LogP contribution < -0.4 is 5.32 Å². The Hall–Kier alpha value is -0.570. The van der Waals surface area contributed by atoms with Crippen molar-refractivity contribution in [1.29, 1.82) is 0 Å². The van der Waals surface area contributed by atoms with Crippen LogP contribution in [0.2, 0.25) is 0 Å². The number of hydrogen-bond donors (Lipinski definition) is 1. The van der Waals surface area contributed by atoms with Crippen LogP contribution in [0.3, 0.4) is 0 Å². The van der Waals surface area contributed by atoms with Crippen LogP contribution in [0, 0.1) is 11.3 Å². The van der Waals surface area contributed by atoms with E-state index in [0.717, 1.165) is 31.8 Å². The molecule has 1 heterocycles. The fourth-order valence-corrected chi connectivity index (χ4v) is 3.78. The topological polar surface area (TPSA) is 32.3 Å². The summed E-state index contributed by atoms with van der Waals surface area (Å²) in [5.41, 5.74) is 0.497. The maximum Gasteiger partial charge on any atom is 0.219 e. The van der Waals surface area contributed by atoms with Gasteiger partial charge in [-0.25, -0.2) is 0 Å². The average Bonchev–Trinajstić information content (AvgIpc) is 2.52. The number of likely N-dealkylation sites (tertiary alicyclic amines) is 1. The highest BCUT2D eigenvalue weighted by atomic mass is 16.2. The predicted octanol–water partition coefficient (Wildman–Crippen LogP) is 2.41. The molecule has 0 bridgehead atoms. The van der Waals surface area contributed by atoms with E-state index in [4.69, 9.17) is 0 Å². The van der Waals surface area contributed by atoms with Crippen molar-refractivity contribution < 1.29 is 4.79 Å². The van der Waals surface area contributed by atoms with E-state index in [1.807, 2.05) is 4.90 Å². The molecular formula is C15H28N2O. The summed E-state index contributed by atoms with van der Waals surface area (Å²) < 4.78 is 0. The second kappa shape index (κ2) is 5.20. The number of rotatable bonds is 2. The van der Waals surface area contributed by atoms with E-state index < -0.39 is 0 Å². The summed E-state index contributed by atoms with van der Waals surface area (Å²) >= 11 is 0. The van der Waals surface area contributed by atoms with Crippen molar-refractivity contribution in [2.24, 2.45) is 11.3 Å². The van der Waals surface area contributed by atoms with Gasteiger partial charge in [-0.15, -0.1) is 0 Å². The Kier molecular flexibility index (Phi) is 4.00. The Balaban J connectivity index is 1.80. The van der Waals surface area contributed by atoms with E-state index in [-0.39, 0.29) is 5.91 Å². The molecule has 2 atom stereocenters. The summed E-state index contributed by atoms with van der Waals surface area (Å²) in [5, 5.41) is 3.84. The van der Waals surface area contributed by atoms with Crippen LogP contribution in [0.1, 0.15) is 53.4 Å². The van der Waals surface area contributed by atoms with Crippen molar-refractivity contribution in [3.8, 4) is 0 Å². The Labute approximate surface area is 111 Å². The van der Waals surface area contributed by atoms with Gasteiger partial charge in [0.2, 0.25) is 5.91 Å². The van der Waals surface area contributed by atoms with Crippen LogP contribution in [-0.4, -0.2) is 36.0 Å². The number of piperidine rings is 1. The second-order valence-corrected chi connectivity index (χ2v) is 7.10. The normalized spacial score (nSPS) is 32.8. The van der Waals surface area contributed by atoms with Gasteiger partial charge in [-0.2, -0.15) is 0 Å². The van der Waals surface area contributed by atoms with E-state index in [0.29, 0.717) is 17.5 Å². The first-order valence-corrected chi connectivity index (χ1v) is 7.39. The van der Waals surface area contributed by atoms with E-state index in [1.165, 1.54) is 12.8 Å². The molecule has 3 heteroatoms. The molecule has 1 amide bonds. The van der Waals surface area contributed by atoms with Crippen LogP contribution in [0.15, 0.2) is 0 Å². The summed E-state index contributed by atoms with van der Waals surface area (Å²) in [7, 11) is 0. The summed E-state index contributed by atoms with van der Waals surface area (Å²) in [4.78, 5) is 13.3. The van der Waals surface area contributed by atoms with Gasteiger partial charge in [0.15, 0.2) is 0 Å². The first kappa shape index (κ1) is 13.9. The minimum atomic E-state index is 0.226. The SMILES string of the molecule is CC(=O)N1CCC(NC2CC(C)(C)CC2C)CC1.